The van der Waals surface area contributed by atoms with Crippen LogP contribution in [0.2, 0.25) is 0 Å². The lowest BCUT2D eigenvalue weighted by molar-refractivity contribution is 0.276. The largest absolute Gasteiger partial charge is 0.456 e. The van der Waals surface area contributed by atoms with Gasteiger partial charge in [-0.3, -0.25) is 0 Å². The van der Waals surface area contributed by atoms with Gasteiger partial charge < -0.3 is 9.84 Å². The van der Waals surface area contributed by atoms with E-state index < -0.39 is 0 Å². The first-order valence-electron chi connectivity index (χ1n) is 6.33. The molecular formula is C17H13FO2. The molecule has 0 amide bonds. The van der Waals surface area contributed by atoms with Gasteiger partial charge in [0.25, 0.3) is 0 Å². The summed E-state index contributed by atoms with van der Waals surface area (Å²) < 4.78 is 19.0. The van der Waals surface area contributed by atoms with Crippen LogP contribution in [0.5, 0.6) is 11.5 Å². The number of ether oxygens (including phenoxy) is 1. The predicted octanol–water partition coefficient (Wildman–Crippen LogP) is 4.26. The van der Waals surface area contributed by atoms with Crippen molar-refractivity contribution in [2.75, 3.05) is 0 Å². The summed E-state index contributed by atoms with van der Waals surface area (Å²) in [6.07, 6.45) is 0. The molecule has 3 heteroatoms. The van der Waals surface area contributed by atoms with Crippen molar-refractivity contribution < 1.29 is 14.2 Å². The average Bonchev–Trinajstić information content (AvgIpc) is 2.49. The maximum absolute atomic E-state index is 13.2. The monoisotopic (exact) mass is 268 g/mol. The number of aliphatic hydroxyl groups is 1. The number of halogens is 1. The van der Waals surface area contributed by atoms with Crippen molar-refractivity contribution >= 4 is 10.8 Å². The van der Waals surface area contributed by atoms with Gasteiger partial charge in [0.05, 0.1) is 6.61 Å². The Kier molecular flexibility index (Phi) is 3.35. The lowest BCUT2D eigenvalue weighted by atomic mass is 10.1. The lowest BCUT2D eigenvalue weighted by Gasteiger charge is -2.12. The summed E-state index contributed by atoms with van der Waals surface area (Å²) in [7, 11) is 0. The highest BCUT2D eigenvalue weighted by molar-refractivity contribution is 5.88. The van der Waals surface area contributed by atoms with E-state index in [1.165, 1.54) is 18.2 Å². The van der Waals surface area contributed by atoms with Gasteiger partial charge in [-0.1, -0.05) is 36.4 Å². The molecule has 0 fully saturated rings. The Balaban J connectivity index is 2.05. The van der Waals surface area contributed by atoms with Gasteiger partial charge in [-0.05, 0) is 29.7 Å². The van der Waals surface area contributed by atoms with Crippen LogP contribution in [0.1, 0.15) is 5.56 Å². The van der Waals surface area contributed by atoms with Crippen molar-refractivity contribution in [1.82, 2.24) is 0 Å². The summed E-state index contributed by atoms with van der Waals surface area (Å²) in [5, 5.41) is 11.3. The van der Waals surface area contributed by atoms with Crippen LogP contribution in [0.25, 0.3) is 10.8 Å². The van der Waals surface area contributed by atoms with E-state index in [0.29, 0.717) is 17.1 Å². The predicted molar refractivity (Wildman–Crippen MR) is 76.3 cm³/mol. The van der Waals surface area contributed by atoms with E-state index in [1.807, 2.05) is 42.5 Å². The highest BCUT2D eigenvalue weighted by Gasteiger charge is 2.08. The molecule has 0 aliphatic heterocycles. The molecule has 0 saturated carbocycles. The third-order valence-corrected chi connectivity index (χ3v) is 3.16. The highest BCUT2D eigenvalue weighted by Crippen LogP contribution is 2.31. The summed E-state index contributed by atoms with van der Waals surface area (Å²) in [6, 6.07) is 17.7. The van der Waals surface area contributed by atoms with Crippen molar-refractivity contribution in [3.63, 3.8) is 0 Å². The first-order valence-corrected chi connectivity index (χ1v) is 6.33. The normalized spacial score (nSPS) is 10.7. The van der Waals surface area contributed by atoms with E-state index in [4.69, 9.17) is 4.74 Å². The Hall–Kier alpha value is -2.39. The molecule has 0 bridgehead atoms. The van der Waals surface area contributed by atoms with E-state index >= 15 is 0 Å². The zero-order valence-electron chi connectivity index (χ0n) is 10.7. The molecule has 0 spiro atoms. The molecule has 0 aliphatic carbocycles. The molecular weight excluding hydrogens is 255 g/mol. The second kappa shape index (κ2) is 5.31. The number of benzene rings is 3. The topological polar surface area (TPSA) is 29.5 Å². The number of fused-ring (bicyclic) bond motifs is 1. The van der Waals surface area contributed by atoms with Gasteiger partial charge in [0, 0.05) is 10.9 Å². The van der Waals surface area contributed by atoms with E-state index in [2.05, 4.69) is 0 Å². The quantitative estimate of drug-likeness (QED) is 0.769. The van der Waals surface area contributed by atoms with Gasteiger partial charge in [-0.2, -0.15) is 0 Å². The maximum atomic E-state index is 13.2. The Morgan fingerprint density at radius 2 is 1.70 bits per heavy atom. The second-order valence-electron chi connectivity index (χ2n) is 4.49. The van der Waals surface area contributed by atoms with Gasteiger partial charge in [0.1, 0.15) is 17.3 Å². The highest BCUT2D eigenvalue weighted by atomic mass is 19.1. The molecule has 20 heavy (non-hydrogen) atoms. The fourth-order valence-electron chi connectivity index (χ4n) is 2.17. The molecule has 3 rings (SSSR count). The number of aliphatic hydroxyl groups excluding tert-OH is 1. The van der Waals surface area contributed by atoms with Crippen LogP contribution in [-0.2, 0) is 6.61 Å². The smallest absolute Gasteiger partial charge is 0.135 e. The molecule has 0 atom stereocenters. The van der Waals surface area contributed by atoms with Gasteiger partial charge >= 0.3 is 0 Å². The molecule has 0 aliphatic rings. The van der Waals surface area contributed by atoms with Crippen LogP contribution < -0.4 is 4.74 Å². The Morgan fingerprint density at radius 1 is 0.900 bits per heavy atom. The van der Waals surface area contributed by atoms with Crippen LogP contribution in [0, 0.1) is 5.82 Å². The first-order chi connectivity index (χ1) is 9.78. The van der Waals surface area contributed by atoms with E-state index in [9.17, 15) is 9.50 Å². The van der Waals surface area contributed by atoms with Crippen LogP contribution >= 0.6 is 0 Å². The Labute approximate surface area is 116 Å². The average molecular weight is 268 g/mol. The van der Waals surface area contributed by atoms with Gasteiger partial charge in [0.15, 0.2) is 0 Å². The first kappa shape index (κ1) is 12.6. The van der Waals surface area contributed by atoms with Crippen molar-refractivity contribution in [1.29, 1.82) is 0 Å². The molecule has 1 N–H and O–H groups in total. The van der Waals surface area contributed by atoms with E-state index in [0.717, 1.165) is 10.8 Å². The standard InChI is InChI=1S/C17H13FO2/c18-14-8-9-16(13(10-14)11-19)20-17-7-3-5-12-4-1-2-6-15(12)17/h1-10,19H,11H2. The zero-order chi connectivity index (χ0) is 13.9. The van der Waals surface area contributed by atoms with Gasteiger partial charge in [0.2, 0.25) is 0 Å². The van der Waals surface area contributed by atoms with Gasteiger partial charge in [-0.15, -0.1) is 0 Å². The molecule has 0 saturated heterocycles. The molecule has 0 aromatic heterocycles. The molecule has 3 aromatic rings. The summed E-state index contributed by atoms with van der Waals surface area (Å²) >= 11 is 0. The molecule has 3 aromatic carbocycles. The minimum atomic E-state index is -0.390. The van der Waals surface area contributed by atoms with Crippen molar-refractivity contribution in [2.24, 2.45) is 0 Å². The van der Waals surface area contributed by atoms with Crippen molar-refractivity contribution in [3.8, 4) is 11.5 Å². The van der Waals surface area contributed by atoms with Crippen LogP contribution in [0.15, 0.2) is 60.7 Å². The molecule has 0 unspecified atom stereocenters. The maximum Gasteiger partial charge on any atom is 0.135 e. The minimum Gasteiger partial charge on any atom is -0.456 e. The Bertz CT molecular complexity index is 748. The summed E-state index contributed by atoms with van der Waals surface area (Å²) in [5.41, 5.74) is 0.429. The molecule has 100 valence electrons. The number of hydrogen-bond acceptors (Lipinski definition) is 2. The summed E-state index contributed by atoms with van der Waals surface area (Å²) in [5.74, 6) is 0.758. The molecule has 0 heterocycles. The van der Waals surface area contributed by atoms with E-state index in [1.54, 1.807) is 0 Å². The van der Waals surface area contributed by atoms with Gasteiger partial charge in [-0.25, -0.2) is 4.39 Å². The van der Waals surface area contributed by atoms with Crippen LogP contribution in [0.4, 0.5) is 4.39 Å². The van der Waals surface area contributed by atoms with Crippen LogP contribution in [0.3, 0.4) is 0 Å². The van der Waals surface area contributed by atoms with Crippen molar-refractivity contribution in [2.45, 2.75) is 6.61 Å². The number of rotatable bonds is 3. The third kappa shape index (κ3) is 2.36. The SMILES string of the molecule is OCc1cc(F)ccc1Oc1cccc2ccccc12. The Morgan fingerprint density at radius 3 is 2.55 bits per heavy atom. The number of hydrogen-bond donors (Lipinski definition) is 1. The fraction of sp³-hybridized carbons (Fsp3) is 0.0588. The minimum absolute atomic E-state index is 0.266. The van der Waals surface area contributed by atoms with E-state index in [-0.39, 0.29) is 12.4 Å². The van der Waals surface area contributed by atoms with Crippen LogP contribution in [-0.4, -0.2) is 5.11 Å². The fourth-order valence-corrected chi connectivity index (χ4v) is 2.17. The second-order valence-corrected chi connectivity index (χ2v) is 4.49. The molecule has 0 radical (unpaired) electrons. The lowest BCUT2D eigenvalue weighted by Crippen LogP contribution is -1.93. The summed E-state index contributed by atoms with van der Waals surface area (Å²) in [4.78, 5) is 0. The molecule has 2 nitrogen and oxygen atoms in total. The summed E-state index contributed by atoms with van der Waals surface area (Å²) in [6.45, 7) is -0.266. The third-order valence-electron chi connectivity index (χ3n) is 3.16. The van der Waals surface area contributed by atoms with Crippen molar-refractivity contribution in [3.05, 3.63) is 72.0 Å². The zero-order valence-corrected chi connectivity index (χ0v) is 10.7.